The van der Waals surface area contributed by atoms with Crippen molar-refractivity contribution < 1.29 is 14.0 Å². The van der Waals surface area contributed by atoms with E-state index in [9.17, 15) is 14.0 Å². The molecule has 1 fully saturated rings. The van der Waals surface area contributed by atoms with Crippen molar-refractivity contribution in [3.05, 3.63) is 59.9 Å². The summed E-state index contributed by atoms with van der Waals surface area (Å²) in [5.74, 6) is -0.821. The highest BCUT2D eigenvalue weighted by molar-refractivity contribution is 6.02. The van der Waals surface area contributed by atoms with Gasteiger partial charge in [0.05, 0.1) is 17.3 Å². The molecule has 0 aromatic heterocycles. The Morgan fingerprint density at radius 2 is 1.92 bits per heavy atom. The van der Waals surface area contributed by atoms with Crippen molar-refractivity contribution in [2.75, 3.05) is 16.8 Å². The van der Waals surface area contributed by atoms with E-state index in [2.05, 4.69) is 10.6 Å². The first-order valence-electron chi connectivity index (χ1n) is 7.72. The number of hydrogen-bond donors (Lipinski definition) is 2. The summed E-state index contributed by atoms with van der Waals surface area (Å²) < 4.78 is 13.8. The molecular formula is C18H15FN4O2. The molecule has 3 amide bonds. The van der Waals surface area contributed by atoms with Crippen molar-refractivity contribution in [1.29, 1.82) is 5.26 Å². The van der Waals surface area contributed by atoms with E-state index in [0.29, 0.717) is 24.2 Å². The van der Waals surface area contributed by atoms with Gasteiger partial charge in [0, 0.05) is 12.2 Å². The van der Waals surface area contributed by atoms with Gasteiger partial charge in [-0.3, -0.25) is 4.79 Å². The van der Waals surface area contributed by atoms with Crippen molar-refractivity contribution in [2.24, 2.45) is 0 Å². The van der Waals surface area contributed by atoms with E-state index >= 15 is 0 Å². The number of nitrogens with one attached hydrogen (secondary N) is 2. The van der Waals surface area contributed by atoms with E-state index in [-0.39, 0.29) is 11.6 Å². The monoisotopic (exact) mass is 338 g/mol. The minimum absolute atomic E-state index is 0.212. The van der Waals surface area contributed by atoms with Crippen LogP contribution in [0.4, 0.5) is 20.6 Å². The molecule has 2 aromatic rings. The van der Waals surface area contributed by atoms with Crippen molar-refractivity contribution in [2.45, 2.75) is 12.5 Å². The molecule has 2 aromatic carbocycles. The average Bonchev–Trinajstić information content (AvgIpc) is 2.96. The minimum atomic E-state index is -0.710. The van der Waals surface area contributed by atoms with Gasteiger partial charge < -0.3 is 15.5 Å². The van der Waals surface area contributed by atoms with Gasteiger partial charge in [-0.2, -0.15) is 5.26 Å². The molecule has 3 rings (SSSR count). The largest absolute Gasteiger partial charge is 0.326 e. The first-order chi connectivity index (χ1) is 12.1. The molecule has 1 aliphatic rings. The number of carbonyl (C=O) groups excluding carboxylic acids is 2. The van der Waals surface area contributed by atoms with E-state index in [0.717, 1.165) is 0 Å². The van der Waals surface area contributed by atoms with Gasteiger partial charge in [-0.1, -0.05) is 12.1 Å². The molecule has 2 N–H and O–H groups in total. The third kappa shape index (κ3) is 3.58. The van der Waals surface area contributed by atoms with Gasteiger partial charge in [0.2, 0.25) is 5.91 Å². The van der Waals surface area contributed by atoms with Crippen LogP contribution in [-0.4, -0.2) is 24.5 Å². The van der Waals surface area contributed by atoms with Crippen molar-refractivity contribution in [3.63, 3.8) is 0 Å². The number of anilines is 2. The Morgan fingerprint density at radius 3 is 2.60 bits per heavy atom. The van der Waals surface area contributed by atoms with Crippen molar-refractivity contribution in [3.8, 4) is 6.07 Å². The van der Waals surface area contributed by atoms with Gasteiger partial charge in [-0.25, -0.2) is 9.18 Å². The molecule has 0 unspecified atom stereocenters. The summed E-state index contributed by atoms with van der Waals surface area (Å²) in [7, 11) is 0. The summed E-state index contributed by atoms with van der Waals surface area (Å²) >= 11 is 0. The number of urea groups is 1. The second-order valence-electron chi connectivity index (χ2n) is 5.57. The van der Waals surface area contributed by atoms with E-state index in [1.807, 2.05) is 6.07 Å². The highest BCUT2D eigenvalue weighted by Crippen LogP contribution is 2.24. The maximum absolute atomic E-state index is 13.8. The Balaban J connectivity index is 1.61. The van der Waals surface area contributed by atoms with Gasteiger partial charge in [0.15, 0.2) is 0 Å². The van der Waals surface area contributed by atoms with E-state index in [4.69, 9.17) is 5.26 Å². The summed E-state index contributed by atoms with van der Waals surface area (Å²) in [5.41, 5.74) is 1.20. The highest BCUT2D eigenvalue weighted by Gasteiger charge is 2.34. The Morgan fingerprint density at radius 1 is 1.20 bits per heavy atom. The molecule has 0 spiro atoms. The molecule has 1 heterocycles. The quantitative estimate of drug-likeness (QED) is 0.902. The van der Waals surface area contributed by atoms with Gasteiger partial charge in [0.1, 0.15) is 11.9 Å². The highest BCUT2D eigenvalue weighted by atomic mass is 19.1. The van der Waals surface area contributed by atoms with Crippen LogP contribution in [0.2, 0.25) is 0 Å². The van der Waals surface area contributed by atoms with Crippen LogP contribution in [0.3, 0.4) is 0 Å². The average molecular weight is 338 g/mol. The fourth-order valence-electron chi connectivity index (χ4n) is 2.68. The molecule has 7 heteroatoms. The van der Waals surface area contributed by atoms with Crippen LogP contribution in [0.25, 0.3) is 0 Å². The van der Waals surface area contributed by atoms with Gasteiger partial charge >= 0.3 is 6.03 Å². The number of carbonyl (C=O) groups is 2. The summed E-state index contributed by atoms with van der Waals surface area (Å²) in [6.07, 6.45) is 0.397. The summed E-state index contributed by atoms with van der Waals surface area (Å²) in [6.45, 7) is 0.335. The number of nitrogens with zero attached hydrogens (tertiary/aromatic N) is 2. The van der Waals surface area contributed by atoms with Crippen LogP contribution in [0.1, 0.15) is 12.0 Å². The number of amides is 3. The molecule has 0 radical (unpaired) electrons. The fourth-order valence-corrected chi connectivity index (χ4v) is 2.68. The zero-order valence-electron chi connectivity index (χ0n) is 13.2. The number of rotatable bonds is 3. The molecular weight excluding hydrogens is 323 g/mol. The topological polar surface area (TPSA) is 85.2 Å². The molecule has 6 nitrogen and oxygen atoms in total. The lowest BCUT2D eigenvalue weighted by molar-refractivity contribution is -0.118. The zero-order valence-corrected chi connectivity index (χ0v) is 13.2. The smallest absolute Gasteiger partial charge is 0.319 e. The fraction of sp³-hybridized carbons (Fsp3) is 0.167. The van der Waals surface area contributed by atoms with E-state index in [1.165, 1.54) is 17.0 Å². The normalized spacial score (nSPS) is 16.4. The lowest BCUT2D eigenvalue weighted by Crippen LogP contribution is -2.43. The molecule has 1 atom stereocenters. The zero-order chi connectivity index (χ0) is 17.8. The van der Waals surface area contributed by atoms with Gasteiger partial charge in [0.25, 0.3) is 0 Å². The second kappa shape index (κ2) is 7.01. The maximum atomic E-state index is 13.8. The number of nitriles is 1. The molecule has 25 heavy (non-hydrogen) atoms. The first kappa shape index (κ1) is 16.5. The van der Waals surface area contributed by atoms with E-state index < -0.39 is 17.9 Å². The Labute approximate surface area is 143 Å². The summed E-state index contributed by atoms with van der Waals surface area (Å²) in [5, 5.41) is 13.9. The Kier molecular flexibility index (Phi) is 4.61. The van der Waals surface area contributed by atoms with Crippen LogP contribution in [0.5, 0.6) is 0 Å². The Hall–Kier alpha value is -3.40. The van der Waals surface area contributed by atoms with Gasteiger partial charge in [-0.05, 0) is 42.8 Å². The molecule has 0 saturated carbocycles. The third-order valence-electron chi connectivity index (χ3n) is 3.93. The molecule has 0 bridgehead atoms. The predicted octanol–water partition coefficient (Wildman–Crippen LogP) is 2.62. The number of para-hydroxylation sites is 1. The van der Waals surface area contributed by atoms with Crippen LogP contribution in [0.15, 0.2) is 48.5 Å². The van der Waals surface area contributed by atoms with Crippen LogP contribution in [0, 0.1) is 17.1 Å². The summed E-state index contributed by atoms with van der Waals surface area (Å²) in [6, 6.07) is 13.1. The van der Waals surface area contributed by atoms with Crippen LogP contribution >= 0.6 is 0 Å². The lowest BCUT2D eigenvalue weighted by Gasteiger charge is -2.18. The van der Waals surface area contributed by atoms with Crippen molar-refractivity contribution in [1.82, 2.24) is 5.32 Å². The third-order valence-corrected chi connectivity index (χ3v) is 3.93. The number of hydrogen-bond acceptors (Lipinski definition) is 3. The second-order valence-corrected chi connectivity index (χ2v) is 5.57. The van der Waals surface area contributed by atoms with E-state index in [1.54, 1.807) is 36.4 Å². The van der Waals surface area contributed by atoms with Crippen LogP contribution < -0.4 is 15.5 Å². The number of benzene rings is 2. The minimum Gasteiger partial charge on any atom is -0.326 e. The van der Waals surface area contributed by atoms with Gasteiger partial charge in [-0.15, -0.1) is 0 Å². The maximum Gasteiger partial charge on any atom is 0.319 e. The molecule has 1 saturated heterocycles. The molecule has 0 aliphatic carbocycles. The molecule has 1 aliphatic heterocycles. The Bertz CT molecular complexity index is 845. The number of halogens is 1. The first-order valence-corrected chi connectivity index (χ1v) is 7.72. The summed E-state index contributed by atoms with van der Waals surface area (Å²) in [4.78, 5) is 25.8. The van der Waals surface area contributed by atoms with Crippen LogP contribution in [-0.2, 0) is 4.79 Å². The van der Waals surface area contributed by atoms with Crippen molar-refractivity contribution >= 4 is 23.3 Å². The SMILES string of the molecule is N#Cc1ccc(NC(=O)N[C@@H]2CCN(c3ccccc3F)C2=O)cc1. The predicted molar refractivity (Wildman–Crippen MR) is 90.5 cm³/mol. The lowest BCUT2D eigenvalue weighted by atomic mass is 10.2. The standard InChI is InChI=1S/C18H15FN4O2/c19-14-3-1-2-4-16(14)23-10-9-15(17(23)24)22-18(25)21-13-7-5-12(11-20)6-8-13/h1-8,15H,9-10H2,(H2,21,22,25)/t15-/m1/s1. The molecule has 126 valence electrons.